The summed E-state index contributed by atoms with van der Waals surface area (Å²) in [4.78, 5) is 12.3. The molecule has 0 aliphatic rings. The molecule has 25 heavy (non-hydrogen) atoms. The van der Waals surface area contributed by atoms with E-state index in [0.29, 0.717) is 19.4 Å². The first-order valence-electron chi connectivity index (χ1n) is 7.87. The van der Waals surface area contributed by atoms with Crippen LogP contribution in [-0.2, 0) is 17.5 Å². The van der Waals surface area contributed by atoms with E-state index in [1.807, 2.05) is 0 Å². The van der Waals surface area contributed by atoms with Gasteiger partial charge in [-0.3, -0.25) is 4.79 Å². The number of hydrogen-bond donors (Lipinski definition) is 1. The van der Waals surface area contributed by atoms with Crippen molar-refractivity contribution in [2.24, 2.45) is 5.41 Å². The number of unbranched alkanes of at least 4 members (excludes halogenated alkanes) is 1. The van der Waals surface area contributed by atoms with Crippen molar-refractivity contribution in [2.75, 3.05) is 5.32 Å². The van der Waals surface area contributed by atoms with E-state index >= 15 is 0 Å². The lowest BCUT2D eigenvalue weighted by Gasteiger charge is -2.18. The normalized spacial score (nSPS) is 12.2. The number of carbonyl (C=O) groups excluding carboxylic acids is 1. The van der Waals surface area contributed by atoms with E-state index in [9.17, 15) is 18.0 Å². The van der Waals surface area contributed by atoms with Gasteiger partial charge in [0.1, 0.15) is 11.3 Å². The van der Waals surface area contributed by atoms with Crippen molar-refractivity contribution in [3.05, 3.63) is 23.8 Å². The van der Waals surface area contributed by atoms with E-state index in [4.69, 9.17) is 6.42 Å². The SMILES string of the molecule is C#CCCCn1nc2c(C(F)(F)F)cccc2c1NC(=O)C(C)(C)C. The number of fused-ring (bicyclic) bond motifs is 1. The van der Waals surface area contributed by atoms with Crippen molar-refractivity contribution < 1.29 is 18.0 Å². The zero-order valence-corrected chi connectivity index (χ0v) is 14.4. The van der Waals surface area contributed by atoms with Crippen LogP contribution in [0.4, 0.5) is 19.0 Å². The number of halogens is 3. The molecule has 2 rings (SSSR count). The molecule has 1 aromatic heterocycles. The molecular formula is C18H20F3N3O. The van der Waals surface area contributed by atoms with E-state index < -0.39 is 17.2 Å². The van der Waals surface area contributed by atoms with Crippen LogP contribution in [-0.4, -0.2) is 15.7 Å². The molecule has 7 heteroatoms. The van der Waals surface area contributed by atoms with Crippen molar-refractivity contribution in [1.82, 2.24) is 9.78 Å². The molecule has 0 saturated heterocycles. The second-order valence-corrected chi connectivity index (χ2v) is 6.78. The fraction of sp³-hybridized carbons (Fsp3) is 0.444. The molecule has 0 aliphatic heterocycles. The van der Waals surface area contributed by atoms with Gasteiger partial charge in [0.15, 0.2) is 0 Å². The Morgan fingerprint density at radius 3 is 2.56 bits per heavy atom. The first-order valence-corrected chi connectivity index (χ1v) is 7.87. The fourth-order valence-electron chi connectivity index (χ4n) is 2.30. The van der Waals surface area contributed by atoms with Gasteiger partial charge in [-0.15, -0.1) is 12.3 Å². The number of hydrogen-bond acceptors (Lipinski definition) is 2. The van der Waals surface area contributed by atoms with Gasteiger partial charge in [0, 0.05) is 23.8 Å². The summed E-state index contributed by atoms with van der Waals surface area (Å²) in [5.74, 6) is 2.44. The molecule has 0 saturated carbocycles. The largest absolute Gasteiger partial charge is 0.418 e. The zero-order valence-electron chi connectivity index (χ0n) is 14.4. The molecule has 0 aliphatic carbocycles. The Hall–Kier alpha value is -2.49. The summed E-state index contributed by atoms with van der Waals surface area (Å²) in [7, 11) is 0. The first kappa shape index (κ1) is 18.8. The number of alkyl halides is 3. The number of aryl methyl sites for hydroxylation is 1. The number of nitrogens with one attached hydrogen (secondary N) is 1. The Kier molecular flexibility index (Phi) is 5.12. The Morgan fingerprint density at radius 1 is 1.32 bits per heavy atom. The highest BCUT2D eigenvalue weighted by atomic mass is 19.4. The monoisotopic (exact) mass is 351 g/mol. The van der Waals surface area contributed by atoms with Crippen LogP contribution < -0.4 is 5.32 Å². The third kappa shape index (κ3) is 4.13. The van der Waals surface area contributed by atoms with Crippen LogP contribution in [0.2, 0.25) is 0 Å². The number of amides is 1. The highest BCUT2D eigenvalue weighted by Gasteiger charge is 2.35. The quantitative estimate of drug-likeness (QED) is 0.653. The molecule has 1 N–H and O–H groups in total. The summed E-state index contributed by atoms with van der Waals surface area (Å²) in [5.41, 5.74) is -1.70. The van der Waals surface area contributed by atoms with Crippen LogP contribution in [0.5, 0.6) is 0 Å². The summed E-state index contributed by atoms with van der Waals surface area (Å²) in [6.07, 6.45) is 1.71. The summed E-state index contributed by atoms with van der Waals surface area (Å²) in [6.45, 7) is 5.50. The number of nitrogens with zero attached hydrogens (tertiary/aromatic N) is 2. The minimum Gasteiger partial charge on any atom is -0.310 e. The van der Waals surface area contributed by atoms with Crippen molar-refractivity contribution in [3.8, 4) is 12.3 Å². The van der Waals surface area contributed by atoms with Crippen molar-refractivity contribution in [1.29, 1.82) is 0 Å². The van der Waals surface area contributed by atoms with Crippen molar-refractivity contribution in [3.63, 3.8) is 0 Å². The van der Waals surface area contributed by atoms with Gasteiger partial charge in [0.2, 0.25) is 5.91 Å². The number of benzene rings is 1. The molecule has 0 atom stereocenters. The average Bonchev–Trinajstić information content (AvgIpc) is 2.83. The molecule has 2 aromatic rings. The van der Waals surface area contributed by atoms with E-state index in [2.05, 4.69) is 16.3 Å². The van der Waals surface area contributed by atoms with Gasteiger partial charge in [-0.1, -0.05) is 26.8 Å². The highest BCUT2D eigenvalue weighted by Crippen LogP contribution is 2.37. The maximum absolute atomic E-state index is 13.3. The third-order valence-corrected chi connectivity index (χ3v) is 3.68. The van der Waals surface area contributed by atoms with Crippen LogP contribution in [0.3, 0.4) is 0 Å². The van der Waals surface area contributed by atoms with E-state index in [1.165, 1.54) is 16.8 Å². The molecule has 1 aromatic carbocycles. The Balaban J connectivity index is 2.57. The van der Waals surface area contributed by atoms with Crippen LogP contribution in [0.25, 0.3) is 10.9 Å². The van der Waals surface area contributed by atoms with Gasteiger partial charge in [-0.2, -0.15) is 18.3 Å². The number of carbonyl (C=O) groups is 1. The van der Waals surface area contributed by atoms with Gasteiger partial charge in [-0.25, -0.2) is 4.68 Å². The lowest BCUT2D eigenvalue weighted by atomic mass is 9.95. The maximum atomic E-state index is 13.3. The molecule has 1 amide bonds. The molecule has 134 valence electrons. The average molecular weight is 351 g/mol. The minimum atomic E-state index is -4.52. The van der Waals surface area contributed by atoms with Crippen LogP contribution >= 0.6 is 0 Å². The lowest BCUT2D eigenvalue weighted by Crippen LogP contribution is -2.28. The number of terminal acetylenes is 1. The number of anilines is 1. The molecule has 0 spiro atoms. The van der Waals surface area contributed by atoms with Crippen LogP contribution in [0.1, 0.15) is 39.2 Å². The summed E-state index contributed by atoms with van der Waals surface area (Å²) in [6, 6.07) is 3.81. The standard InChI is InChI=1S/C18H20F3N3O/c1-5-6-7-11-24-15(22-16(25)17(2,3)4)12-9-8-10-13(14(12)23-24)18(19,20)21/h1,8-10H,6-7,11H2,2-4H3,(H,22,25). The first-order chi connectivity index (χ1) is 11.6. The van der Waals surface area contributed by atoms with Gasteiger partial charge < -0.3 is 5.32 Å². The molecule has 0 fully saturated rings. The smallest absolute Gasteiger partial charge is 0.310 e. The van der Waals surface area contributed by atoms with Gasteiger partial charge in [-0.05, 0) is 18.6 Å². The molecular weight excluding hydrogens is 331 g/mol. The number of aromatic nitrogens is 2. The Labute approximate surface area is 144 Å². The summed E-state index contributed by atoms with van der Waals surface area (Å²) < 4.78 is 41.2. The maximum Gasteiger partial charge on any atom is 0.418 e. The van der Waals surface area contributed by atoms with E-state index in [1.54, 1.807) is 20.8 Å². The predicted octanol–water partition coefficient (Wildman–Crippen LogP) is 4.45. The van der Waals surface area contributed by atoms with Gasteiger partial charge in [0.25, 0.3) is 0 Å². The third-order valence-electron chi connectivity index (χ3n) is 3.68. The van der Waals surface area contributed by atoms with Gasteiger partial charge in [0.05, 0.1) is 5.56 Å². The second kappa shape index (κ2) is 6.79. The zero-order chi connectivity index (χ0) is 18.8. The molecule has 0 radical (unpaired) electrons. The van der Waals surface area contributed by atoms with Gasteiger partial charge >= 0.3 is 6.18 Å². The molecule has 0 unspecified atom stereocenters. The van der Waals surface area contributed by atoms with Crippen molar-refractivity contribution in [2.45, 2.75) is 46.3 Å². The predicted molar refractivity (Wildman–Crippen MR) is 90.9 cm³/mol. The van der Waals surface area contributed by atoms with Crippen molar-refractivity contribution >= 4 is 22.6 Å². The topological polar surface area (TPSA) is 46.9 Å². The summed E-state index contributed by atoms with van der Waals surface area (Å²) in [5, 5.41) is 7.08. The number of rotatable bonds is 4. The molecule has 0 bridgehead atoms. The Bertz CT molecular complexity index is 823. The Morgan fingerprint density at radius 2 is 2.00 bits per heavy atom. The fourth-order valence-corrected chi connectivity index (χ4v) is 2.30. The van der Waals surface area contributed by atoms with Crippen LogP contribution in [0, 0.1) is 17.8 Å². The second-order valence-electron chi connectivity index (χ2n) is 6.78. The molecule has 1 heterocycles. The van der Waals surface area contributed by atoms with E-state index in [0.717, 1.165) is 6.07 Å². The van der Waals surface area contributed by atoms with Crippen LogP contribution in [0.15, 0.2) is 18.2 Å². The summed E-state index contributed by atoms with van der Waals surface area (Å²) >= 11 is 0. The van der Waals surface area contributed by atoms with E-state index in [-0.39, 0.29) is 22.6 Å². The highest BCUT2D eigenvalue weighted by molar-refractivity contribution is 6.02. The molecule has 4 nitrogen and oxygen atoms in total. The minimum absolute atomic E-state index is 0.181. The lowest BCUT2D eigenvalue weighted by molar-refractivity contribution is -0.136.